The SMILES string of the molecule is CCS(=O)(=O)NCc1nc(NCc2ccccc2F)c2cccc(C)c2n1. The molecule has 0 atom stereocenters. The van der Waals surface area contributed by atoms with Crippen molar-refractivity contribution in [3.05, 3.63) is 65.2 Å². The van der Waals surface area contributed by atoms with Crippen molar-refractivity contribution in [2.75, 3.05) is 11.1 Å². The highest BCUT2D eigenvalue weighted by Crippen LogP contribution is 2.24. The number of nitrogens with zero attached hydrogens (tertiary/aromatic N) is 2. The molecule has 2 N–H and O–H groups in total. The molecule has 0 unspecified atom stereocenters. The molecule has 8 heteroatoms. The summed E-state index contributed by atoms with van der Waals surface area (Å²) in [4.78, 5) is 8.95. The monoisotopic (exact) mass is 388 g/mol. The molecule has 0 aliphatic rings. The maximum absolute atomic E-state index is 13.9. The van der Waals surface area contributed by atoms with Crippen LogP contribution >= 0.6 is 0 Å². The van der Waals surface area contributed by atoms with E-state index in [4.69, 9.17) is 0 Å². The molecule has 3 aromatic rings. The van der Waals surface area contributed by atoms with Crippen LogP contribution in [0.15, 0.2) is 42.5 Å². The van der Waals surface area contributed by atoms with Gasteiger partial charge in [-0.2, -0.15) is 0 Å². The normalized spacial score (nSPS) is 11.7. The molecule has 0 saturated heterocycles. The first kappa shape index (κ1) is 19.2. The van der Waals surface area contributed by atoms with Crippen molar-refractivity contribution in [2.45, 2.75) is 26.9 Å². The van der Waals surface area contributed by atoms with Crippen molar-refractivity contribution >= 4 is 26.7 Å². The smallest absolute Gasteiger partial charge is 0.211 e. The summed E-state index contributed by atoms with van der Waals surface area (Å²) in [6.45, 7) is 3.74. The lowest BCUT2D eigenvalue weighted by Crippen LogP contribution is -2.26. The van der Waals surface area contributed by atoms with Crippen molar-refractivity contribution in [2.24, 2.45) is 0 Å². The van der Waals surface area contributed by atoms with Gasteiger partial charge in [-0.3, -0.25) is 0 Å². The first-order valence-corrected chi connectivity index (χ1v) is 10.3. The van der Waals surface area contributed by atoms with Gasteiger partial charge in [0, 0.05) is 17.5 Å². The number of sulfonamides is 1. The van der Waals surface area contributed by atoms with Gasteiger partial charge >= 0.3 is 0 Å². The van der Waals surface area contributed by atoms with E-state index in [1.165, 1.54) is 6.07 Å². The number of benzene rings is 2. The predicted molar refractivity (Wildman–Crippen MR) is 104 cm³/mol. The van der Waals surface area contributed by atoms with Crippen LogP contribution in [0.2, 0.25) is 0 Å². The number of halogens is 1. The average molecular weight is 388 g/mol. The quantitative estimate of drug-likeness (QED) is 0.650. The van der Waals surface area contributed by atoms with Crippen LogP contribution in [0.1, 0.15) is 23.9 Å². The molecule has 142 valence electrons. The summed E-state index contributed by atoms with van der Waals surface area (Å²) in [5.74, 6) is 0.579. The molecule has 27 heavy (non-hydrogen) atoms. The largest absolute Gasteiger partial charge is 0.365 e. The maximum Gasteiger partial charge on any atom is 0.211 e. The maximum atomic E-state index is 13.9. The van der Waals surface area contributed by atoms with Crippen LogP contribution < -0.4 is 10.0 Å². The number of hydrogen-bond acceptors (Lipinski definition) is 5. The summed E-state index contributed by atoms with van der Waals surface area (Å²) < 4.78 is 39.8. The molecule has 1 aromatic heterocycles. The molecule has 0 aliphatic carbocycles. The van der Waals surface area contributed by atoms with E-state index in [0.29, 0.717) is 17.2 Å². The topological polar surface area (TPSA) is 84.0 Å². The van der Waals surface area contributed by atoms with Crippen molar-refractivity contribution in [1.29, 1.82) is 0 Å². The first-order chi connectivity index (χ1) is 12.9. The summed E-state index contributed by atoms with van der Waals surface area (Å²) in [6, 6.07) is 12.2. The number of aryl methyl sites for hydroxylation is 1. The second kappa shape index (κ2) is 7.98. The second-order valence-corrected chi connectivity index (χ2v) is 8.22. The van der Waals surface area contributed by atoms with E-state index in [2.05, 4.69) is 20.0 Å². The Hall–Kier alpha value is -2.58. The van der Waals surface area contributed by atoms with Gasteiger partial charge in [0.1, 0.15) is 17.5 Å². The molecule has 0 radical (unpaired) electrons. The van der Waals surface area contributed by atoms with E-state index >= 15 is 0 Å². The van der Waals surface area contributed by atoms with Crippen molar-refractivity contribution < 1.29 is 12.8 Å². The second-order valence-electron chi connectivity index (χ2n) is 6.13. The minimum Gasteiger partial charge on any atom is -0.365 e. The van der Waals surface area contributed by atoms with Gasteiger partial charge in [-0.05, 0) is 31.5 Å². The summed E-state index contributed by atoms with van der Waals surface area (Å²) >= 11 is 0. The Morgan fingerprint density at radius 3 is 2.56 bits per heavy atom. The molecule has 2 aromatic carbocycles. The molecule has 6 nitrogen and oxygen atoms in total. The fourth-order valence-corrected chi connectivity index (χ4v) is 3.21. The Kier molecular flexibility index (Phi) is 5.67. The lowest BCUT2D eigenvalue weighted by Gasteiger charge is -2.13. The van der Waals surface area contributed by atoms with Crippen molar-refractivity contribution in [1.82, 2.24) is 14.7 Å². The highest BCUT2D eigenvalue weighted by molar-refractivity contribution is 7.89. The standard InChI is InChI=1S/C19H21FN4O2S/c1-3-27(25,26)22-12-17-23-18-13(2)7-6-9-15(18)19(24-17)21-11-14-8-4-5-10-16(14)20/h4-10,22H,3,11-12H2,1-2H3,(H,21,23,24). The van der Waals surface area contributed by atoms with E-state index in [-0.39, 0.29) is 24.7 Å². The number of aromatic nitrogens is 2. The van der Waals surface area contributed by atoms with Gasteiger partial charge in [0.2, 0.25) is 10.0 Å². The molecule has 0 spiro atoms. The molecule has 0 fully saturated rings. The summed E-state index contributed by atoms with van der Waals surface area (Å²) in [6.07, 6.45) is 0. The minimum atomic E-state index is -3.35. The molecule has 3 rings (SSSR count). The van der Waals surface area contributed by atoms with Gasteiger partial charge in [-0.1, -0.05) is 30.3 Å². The van der Waals surface area contributed by atoms with Gasteiger partial charge in [-0.25, -0.2) is 27.5 Å². The number of anilines is 1. The Balaban J connectivity index is 1.94. The molecular weight excluding hydrogens is 367 g/mol. The Morgan fingerprint density at radius 1 is 1.04 bits per heavy atom. The zero-order valence-electron chi connectivity index (χ0n) is 15.2. The summed E-state index contributed by atoms with van der Waals surface area (Å²) in [7, 11) is -3.35. The Morgan fingerprint density at radius 2 is 1.81 bits per heavy atom. The molecule has 0 aliphatic heterocycles. The third-order valence-corrected chi connectivity index (χ3v) is 5.55. The number of rotatable bonds is 7. The highest BCUT2D eigenvalue weighted by atomic mass is 32.2. The van der Waals surface area contributed by atoms with E-state index in [1.807, 2.05) is 25.1 Å². The lowest BCUT2D eigenvalue weighted by molar-refractivity contribution is 0.580. The van der Waals surface area contributed by atoms with Crippen LogP contribution in [0.5, 0.6) is 0 Å². The van der Waals surface area contributed by atoms with Crippen LogP contribution in [0.25, 0.3) is 10.9 Å². The van der Waals surface area contributed by atoms with E-state index < -0.39 is 10.0 Å². The first-order valence-electron chi connectivity index (χ1n) is 8.60. The molecule has 1 heterocycles. The Bertz CT molecular complexity index is 1070. The van der Waals surface area contributed by atoms with Gasteiger partial charge in [0.05, 0.1) is 17.8 Å². The third kappa shape index (κ3) is 4.58. The van der Waals surface area contributed by atoms with Crippen LogP contribution in [0.4, 0.5) is 10.2 Å². The Labute approximate surface area is 157 Å². The summed E-state index contributed by atoms with van der Waals surface area (Å²) in [5.41, 5.74) is 2.20. The van der Waals surface area contributed by atoms with Crippen LogP contribution in [0.3, 0.4) is 0 Å². The van der Waals surface area contributed by atoms with Gasteiger partial charge in [-0.15, -0.1) is 0 Å². The predicted octanol–water partition coefficient (Wildman–Crippen LogP) is 3.13. The highest BCUT2D eigenvalue weighted by Gasteiger charge is 2.13. The number of hydrogen-bond donors (Lipinski definition) is 2. The fourth-order valence-electron chi connectivity index (χ4n) is 2.65. The zero-order chi connectivity index (χ0) is 19.4. The van der Waals surface area contributed by atoms with Crippen LogP contribution in [-0.2, 0) is 23.1 Å². The molecule has 0 amide bonds. The third-order valence-electron chi connectivity index (χ3n) is 4.21. The fraction of sp³-hybridized carbons (Fsp3) is 0.263. The zero-order valence-corrected chi connectivity index (χ0v) is 16.0. The van der Waals surface area contributed by atoms with E-state index in [9.17, 15) is 12.8 Å². The van der Waals surface area contributed by atoms with Crippen LogP contribution in [-0.4, -0.2) is 24.1 Å². The van der Waals surface area contributed by atoms with Crippen molar-refractivity contribution in [3.8, 4) is 0 Å². The van der Waals surface area contributed by atoms with Gasteiger partial charge in [0.15, 0.2) is 0 Å². The average Bonchev–Trinajstić information content (AvgIpc) is 2.66. The molecule has 0 saturated carbocycles. The number of nitrogens with one attached hydrogen (secondary N) is 2. The lowest BCUT2D eigenvalue weighted by atomic mass is 10.1. The van der Waals surface area contributed by atoms with Gasteiger partial charge < -0.3 is 5.32 Å². The van der Waals surface area contributed by atoms with Gasteiger partial charge in [0.25, 0.3) is 0 Å². The number of para-hydroxylation sites is 1. The van der Waals surface area contributed by atoms with E-state index in [0.717, 1.165) is 16.5 Å². The minimum absolute atomic E-state index is 0.00513. The molecular formula is C19H21FN4O2S. The number of fused-ring (bicyclic) bond motifs is 1. The summed E-state index contributed by atoms with van der Waals surface area (Å²) in [5, 5.41) is 3.95. The van der Waals surface area contributed by atoms with Crippen molar-refractivity contribution in [3.63, 3.8) is 0 Å². The van der Waals surface area contributed by atoms with Crippen LogP contribution in [0, 0.1) is 12.7 Å². The molecule has 0 bridgehead atoms. The van der Waals surface area contributed by atoms with E-state index in [1.54, 1.807) is 25.1 Å².